The molecule has 228 valence electrons. The smallest absolute Gasteiger partial charge is 0.135 e. The molecule has 8 aromatic carbocycles. The lowest BCUT2D eigenvalue weighted by molar-refractivity contribution is 0.487. The fourth-order valence-electron chi connectivity index (χ4n) is 8.91. The molecule has 1 heteroatoms. The van der Waals surface area contributed by atoms with Crippen LogP contribution in [0.5, 0.6) is 11.5 Å². The Balaban J connectivity index is 1.17. The number of benzene rings is 8. The van der Waals surface area contributed by atoms with Gasteiger partial charge in [-0.25, -0.2) is 0 Å². The first-order chi connectivity index (χ1) is 24.3. The summed E-state index contributed by atoms with van der Waals surface area (Å²) in [5.41, 5.74) is 12.7. The summed E-state index contributed by atoms with van der Waals surface area (Å²) in [6.07, 6.45) is 2.52. The summed E-state index contributed by atoms with van der Waals surface area (Å²) in [6, 6.07) is 60.3. The third-order valence-electron chi connectivity index (χ3n) is 11.0. The quantitative estimate of drug-likeness (QED) is 0.190. The van der Waals surface area contributed by atoms with Crippen LogP contribution >= 0.6 is 0 Å². The summed E-state index contributed by atoms with van der Waals surface area (Å²) < 4.78 is 6.49. The maximum atomic E-state index is 6.49. The highest BCUT2D eigenvalue weighted by molar-refractivity contribution is 6.05. The predicted octanol–water partition coefficient (Wildman–Crippen LogP) is 11.0. The van der Waals surface area contributed by atoms with Crippen LogP contribution in [0.15, 0.2) is 164 Å². The van der Waals surface area contributed by atoms with E-state index in [4.69, 9.17) is 4.74 Å². The van der Waals surface area contributed by atoms with Gasteiger partial charge in [0.25, 0.3) is 0 Å². The van der Waals surface area contributed by atoms with Crippen molar-refractivity contribution in [2.75, 3.05) is 0 Å². The van der Waals surface area contributed by atoms with Gasteiger partial charge in [-0.05, 0) is 113 Å². The molecule has 2 aliphatic carbocycles. The summed E-state index contributed by atoms with van der Waals surface area (Å²) in [5.74, 6) is 2.35. The Hall–Kier alpha value is -6.18. The molecule has 49 heavy (non-hydrogen) atoms. The van der Waals surface area contributed by atoms with Gasteiger partial charge in [-0.15, -0.1) is 0 Å². The van der Waals surface area contributed by atoms with Gasteiger partial charge in [0.1, 0.15) is 11.5 Å². The molecule has 1 aliphatic heterocycles. The number of fused-ring (bicyclic) bond motifs is 6. The van der Waals surface area contributed by atoms with Crippen molar-refractivity contribution in [2.45, 2.75) is 11.8 Å². The second kappa shape index (κ2) is 10.2. The molecule has 2 unspecified atom stereocenters. The first kappa shape index (κ1) is 26.8. The van der Waals surface area contributed by atoms with E-state index in [2.05, 4.69) is 170 Å². The van der Waals surface area contributed by atoms with E-state index in [-0.39, 0.29) is 11.8 Å². The molecule has 11 rings (SSSR count). The molecule has 0 N–H and O–H groups in total. The number of hydrogen-bond donors (Lipinski definition) is 0. The molecular weight excluding hydrogens is 593 g/mol. The van der Waals surface area contributed by atoms with Crippen molar-refractivity contribution in [3.63, 3.8) is 0 Å². The van der Waals surface area contributed by atoms with Gasteiger partial charge in [0.15, 0.2) is 0 Å². The Kier molecular flexibility index (Phi) is 5.57. The summed E-state index contributed by atoms with van der Waals surface area (Å²) in [4.78, 5) is 0. The fraction of sp³-hybridized carbons (Fsp3) is 0.0417. The topological polar surface area (TPSA) is 9.23 Å². The van der Waals surface area contributed by atoms with Crippen LogP contribution in [0, 0.1) is 0 Å². The van der Waals surface area contributed by atoms with Gasteiger partial charge in [-0.3, -0.25) is 0 Å². The number of rotatable bonds is 3. The lowest BCUT2D eigenvalue weighted by Gasteiger charge is -2.27. The third-order valence-corrected chi connectivity index (χ3v) is 11.0. The zero-order valence-electron chi connectivity index (χ0n) is 26.7. The van der Waals surface area contributed by atoms with Gasteiger partial charge in [-0.1, -0.05) is 133 Å². The molecule has 0 aromatic heterocycles. The van der Waals surface area contributed by atoms with Crippen LogP contribution in [0.25, 0.3) is 66.6 Å². The Labute approximate surface area is 284 Å². The number of ether oxygens (including phenoxy) is 1. The zero-order chi connectivity index (χ0) is 32.1. The normalized spacial score (nSPS) is 16.4. The average molecular weight is 623 g/mol. The minimum Gasteiger partial charge on any atom is -0.456 e. The highest BCUT2D eigenvalue weighted by Gasteiger charge is 2.38. The largest absolute Gasteiger partial charge is 0.456 e. The van der Waals surface area contributed by atoms with Crippen LogP contribution in [0.1, 0.15) is 28.5 Å². The summed E-state index contributed by atoms with van der Waals surface area (Å²) >= 11 is 0. The molecule has 0 fully saturated rings. The third kappa shape index (κ3) is 3.93. The molecule has 8 aromatic rings. The van der Waals surface area contributed by atoms with Crippen LogP contribution in [0.3, 0.4) is 0 Å². The molecule has 1 heterocycles. The molecule has 1 nitrogen and oxygen atoms in total. The maximum Gasteiger partial charge on any atom is 0.135 e. The van der Waals surface area contributed by atoms with E-state index in [1.807, 2.05) is 0 Å². The molecule has 0 saturated heterocycles. The minimum absolute atomic E-state index is 0.237. The molecule has 0 bridgehead atoms. The summed E-state index contributed by atoms with van der Waals surface area (Å²) in [5, 5.41) is 7.77. The van der Waals surface area contributed by atoms with Crippen molar-refractivity contribution in [2.24, 2.45) is 0 Å². The van der Waals surface area contributed by atoms with Crippen molar-refractivity contribution in [3.8, 4) is 44.9 Å². The highest BCUT2D eigenvalue weighted by Crippen LogP contribution is 2.54. The van der Waals surface area contributed by atoms with Gasteiger partial charge in [0, 0.05) is 22.8 Å². The van der Waals surface area contributed by atoms with Gasteiger partial charge in [0.05, 0.1) is 0 Å². The van der Waals surface area contributed by atoms with Crippen molar-refractivity contribution >= 4 is 33.2 Å². The zero-order valence-corrected chi connectivity index (χ0v) is 26.7. The molecule has 0 spiro atoms. The van der Waals surface area contributed by atoms with E-state index in [0.717, 1.165) is 17.1 Å². The lowest BCUT2D eigenvalue weighted by atomic mass is 9.75. The first-order valence-corrected chi connectivity index (χ1v) is 17.2. The Morgan fingerprint density at radius 3 is 1.96 bits per heavy atom. The van der Waals surface area contributed by atoms with Crippen LogP contribution in [0.4, 0.5) is 0 Å². The van der Waals surface area contributed by atoms with Gasteiger partial charge >= 0.3 is 0 Å². The monoisotopic (exact) mass is 622 g/mol. The van der Waals surface area contributed by atoms with Crippen molar-refractivity contribution in [1.29, 1.82) is 0 Å². The molecule has 0 amide bonds. The van der Waals surface area contributed by atoms with E-state index in [9.17, 15) is 0 Å². The molecule has 3 aliphatic rings. The van der Waals surface area contributed by atoms with Crippen molar-refractivity contribution < 1.29 is 4.74 Å². The van der Waals surface area contributed by atoms with E-state index in [1.165, 1.54) is 82.1 Å². The average Bonchev–Trinajstić information content (AvgIpc) is 3.48. The molecule has 2 atom stereocenters. The first-order valence-electron chi connectivity index (χ1n) is 17.2. The second-order valence-electron chi connectivity index (χ2n) is 13.6. The lowest BCUT2D eigenvalue weighted by Crippen LogP contribution is -2.34. The standard InChI is InChI=1S/C48H30O/c1-2-10-29(11-3-1)34-24-35(32-22-23-43-41(27-32)38-18-7-15-31-16-9-21-44(49-43)46(31)38)26-36(25-34)47-37-17-5-4-12-33(37)28-42-39-19-6-13-30-14-8-20-40(45(30)39)48(42)47/h1-28,42,48H. The molecule has 0 radical (unpaired) electrons. The van der Waals surface area contributed by atoms with E-state index < -0.39 is 0 Å². The van der Waals surface area contributed by atoms with Crippen molar-refractivity contribution in [3.05, 3.63) is 191 Å². The van der Waals surface area contributed by atoms with Crippen LogP contribution < -0.4 is 15.2 Å². The van der Waals surface area contributed by atoms with Gasteiger partial charge in [-0.2, -0.15) is 0 Å². The highest BCUT2D eigenvalue weighted by atomic mass is 16.5. The Bertz CT molecular complexity index is 2800. The number of hydrogen-bond acceptors (Lipinski definition) is 1. The van der Waals surface area contributed by atoms with Crippen molar-refractivity contribution in [1.82, 2.24) is 0 Å². The Morgan fingerprint density at radius 1 is 0.408 bits per heavy atom. The molecular formula is C48H30O. The summed E-state index contributed by atoms with van der Waals surface area (Å²) in [6.45, 7) is 0. The second-order valence-corrected chi connectivity index (χ2v) is 13.6. The van der Waals surface area contributed by atoms with Crippen LogP contribution in [-0.2, 0) is 0 Å². The maximum absolute atomic E-state index is 6.49. The fourth-order valence-corrected chi connectivity index (χ4v) is 8.91. The van der Waals surface area contributed by atoms with E-state index in [0.29, 0.717) is 0 Å². The Morgan fingerprint density at radius 2 is 1.10 bits per heavy atom. The van der Waals surface area contributed by atoms with Gasteiger partial charge < -0.3 is 4.74 Å². The van der Waals surface area contributed by atoms with Crippen LogP contribution in [-0.4, -0.2) is 0 Å². The molecule has 0 saturated carbocycles. The van der Waals surface area contributed by atoms with Gasteiger partial charge in [0.2, 0.25) is 0 Å². The minimum atomic E-state index is 0.237. The van der Waals surface area contributed by atoms with Crippen LogP contribution in [0.2, 0.25) is 0 Å². The van der Waals surface area contributed by atoms with E-state index >= 15 is 0 Å². The predicted molar refractivity (Wildman–Crippen MR) is 202 cm³/mol. The SMILES string of the molecule is C1=c2ccccc2=C(c2cc(-c3ccccc3)cc(-c3ccc4c(c3)-c3cccc5cccc(c35)O4)c2)C2c3cccc4cccc(c34)C12. The summed E-state index contributed by atoms with van der Waals surface area (Å²) in [7, 11) is 0. The van der Waals surface area contributed by atoms with E-state index in [1.54, 1.807) is 0 Å².